The molecule has 0 saturated heterocycles. The Morgan fingerprint density at radius 3 is 2.85 bits per heavy atom. The molecule has 1 aromatic rings. The molecule has 0 aliphatic carbocycles. The minimum Gasteiger partial charge on any atom is -0.462 e. The van der Waals surface area contributed by atoms with Gasteiger partial charge < -0.3 is 4.74 Å². The smallest absolute Gasteiger partial charge is 0.339 e. The number of hydrogen-bond donors (Lipinski definition) is 0. The van der Waals surface area contributed by atoms with Gasteiger partial charge in [0.15, 0.2) is 0 Å². The maximum Gasteiger partial charge on any atom is 0.339 e. The number of esters is 1. The summed E-state index contributed by atoms with van der Waals surface area (Å²) in [5.74, 6) is -0.445. The van der Waals surface area contributed by atoms with Crippen molar-refractivity contribution in [3.63, 3.8) is 0 Å². The second-order valence-corrected chi connectivity index (χ2v) is 2.38. The number of rotatable bonds is 2. The lowest BCUT2D eigenvalue weighted by Crippen LogP contribution is -2.06. The quantitative estimate of drug-likeness (QED) is 0.643. The van der Waals surface area contributed by atoms with E-state index in [0.29, 0.717) is 17.7 Å². The number of hydrogen-bond acceptors (Lipinski definition) is 3. The summed E-state index contributed by atoms with van der Waals surface area (Å²) in [4.78, 5) is 11.3. The van der Waals surface area contributed by atoms with Gasteiger partial charge >= 0.3 is 5.97 Å². The molecule has 1 aromatic carbocycles. The van der Waals surface area contributed by atoms with Crippen molar-refractivity contribution in [1.29, 1.82) is 5.26 Å². The third-order valence-electron chi connectivity index (χ3n) is 1.54. The number of nitriles is 1. The van der Waals surface area contributed by atoms with Crippen LogP contribution in [0, 0.1) is 11.3 Å². The van der Waals surface area contributed by atoms with Crippen LogP contribution in [0.4, 0.5) is 0 Å². The standard InChI is InChI=1S/C10H9NO2/c1-2-13-10(12)9-6-4-3-5-8(9)7-11/h3-6H,2H2,1H3. The van der Waals surface area contributed by atoms with E-state index in [1.54, 1.807) is 31.2 Å². The van der Waals surface area contributed by atoms with E-state index in [9.17, 15) is 4.79 Å². The lowest BCUT2D eigenvalue weighted by Gasteiger charge is -2.02. The average molecular weight is 175 g/mol. The van der Waals surface area contributed by atoms with Crippen LogP contribution in [0.15, 0.2) is 24.3 Å². The summed E-state index contributed by atoms with van der Waals surface area (Å²) in [7, 11) is 0. The molecular weight excluding hydrogens is 166 g/mol. The van der Waals surface area contributed by atoms with Crippen molar-refractivity contribution >= 4 is 5.97 Å². The maximum atomic E-state index is 11.3. The average Bonchev–Trinajstić information content (AvgIpc) is 2.18. The van der Waals surface area contributed by atoms with Gasteiger partial charge in [0.05, 0.1) is 17.7 Å². The summed E-state index contributed by atoms with van der Waals surface area (Å²) in [5, 5.41) is 8.68. The summed E-state index contributed by atoms with van der Waals surface area (Å²) >= 11 is 0. The Morgan fingerprint density at radius 1 is 1.54 bits per heavy atom. The largest absolute Gasteiger partial charge is 0.462 e. The highest BCUT2D eigenvalue weighted by atomic mass is 16.5. The zero-order valence-corrected chi connectivity index (χ0v) is 7.28. The highest BCUT2D eigenvalue weighted by Gasteiger charge is 2.10. The fraction of sp³-hybridized carbons (Fsp3) is 0.200. The fourth-order valence-corrected chi connectivity index (χ4v) is 0.967. The molecule has 0 aliphatic rings. The zero-order chi connectivity index (χ0) is 9.68. The number of nitrogens with zero attached hydrogens (tertiary/aromatic N) is 1. The van der Waals surface area contributed by atoms with Crippen LogP contribution < -0.4 is 0 Å². The Kier molecular flexibility index (Phi) is 3.04. The Bertz CT molecular complexity index is 352. The predicted molar refractivity (Wildman–Crippen MR) is 47.1 cm³/mol. The highest BCUT2D eigenvalue weighted by molar-refractivity contribution is 5.92. The molecule has 0 atom stereocenters. The summed E-state index contributed by atoms with van der Waals surface area (Å²) in [6.07, 6.45) is 0. The monoisotopic (exact) mass is 175 g/mol. The normalized spacial score (nSPS) is 8.92. The second kappa shape index (κ2) is 4.27. The van der Waals surface area contributed by atoms with Crippen LogP contribution in [0.25, 0.3) is 0 Å². The molecule has 13 heavy (non-hydrogen) atoms. The Hall–Kier alpha value is -1.82. The van der Waals surface area contributed by atoms with Crippen LogP contribution in [-0.2, 0) is 4.74 Å². The van der Waals surface area contributed by atoms with E-state index in [1.807, 2.05) is 6.07 Å². The van der Waals surface area contributed by atoms with Gasteiger partial charge in [-0.25, -0.2) is 4.79 Å². The lowest BCUT2D eigenvalue weighted by atomic mass is 10.1. The van der Waals surface area contributed by atoms with E-state index in [0.717, 1.165) is 0 Å². The van der Waals surface area contributed by atoms with Gasteiger partial charge in [0, 0.05) is 0 Å². The number of benzene rings is 1. The second-order valence-electron chi connectivity index (χ2n) is 2.38. The molecule has 1 rings (SSSR count). The molecule has 0 N–H and O–H groups in total. The molecule has 3 nitrogen and oxygen atoms in total. The molecule has 0 bridgehead atoms. The molecule has 0 spiro atoms. The van der Waals surface area contributed by atoms with Gasteiger partial charge in [0.1, 0.15) is 6.07 Å². The third kappa shape index (κ3) is 2.06. The van der Waals surface area contributed by atoms with Gasteiger partial charge in [-0.2, -0.15) is 5.26 Å². The Labute approximate surface area is 76.6 Å². The predicted octanol–water partition coefficient (Wildman–Crippen LogP) is 1.73. The topological polar surface area (TPSA) is 50.1 Å². The fourth-order valence-electron chi connectivity index (χ4n) is 0.967. The van der Waals surface area contributed by atoms with Crippen molar-refractivity contribution in [2.45, 2.75) is 6.92 Å². The lowest BCUT2D eigenvalue weighted by molar-refractivity contribution is 0.0526. The third-order valence-corrected chi connectivity index (χ3v) is 1.54. The minimum atomic E-state index is -0.445. The first-order valence-corrected chi connectivity index (χ1v) is 3.95. The molecule has 0 heterocycles. The zero-order valence-electron chi connectivity index (χ0n) is 7.28. The van der Waals surface area contributed by atoms with Crippen LogP contribution in [0.1, 0.15) is 22.8 Å². The van der Waals surface area contributed by atoms with Crippen molar-refractivity contribution in [3.05, 3.63) is 35.4 Å². The molecular formula is C10H9NO2. The van der Waals surface area contributed by atoms with Crippen LogP contribution in [0.2, 0.25) is 0 Å². The van der Waals surface area contributed by atoms with Crippen molar-refractivity contribution in [1.82, 2.24) is 0 Å². The first-order chi connectivity index (χ1) is 6.29. The molecule has 0 aliphatic heterocycles. The van der Waals surface area contributed by atoms with Gasteiger partial charge in [-0.3, -0.25) is 0 Å². The Morgan fingerprint density at radius 2 is 2.23 bits per heavy atom. The SMILES string of the molecule is CCOC(=O)c1ccccc1C#N. The van der Waals surface area contributed by atoms with Gasteiger partial charge in [0.25, 0.3) is 0 Å². The number of carbonyl (C=O) groups is 1. The number of ether oxygens (including phenoxy) is 1. The summed E-state index contributed by atoms with van der Waals surface area (Å²) < 4.78 is 4.78. The van der Waals surface area contributed by atoms with Gasteiger partial charge in [-0.1, -0.05) is 12.1 Å². The molecule has 0 unspecified atom stereocenters. The van der Waals surface area contributed by atoms with E-state index in [4.69, 9.17) is 10.00 Å². The molecule has 0 radical (unpaired) electrons. The summed E-state index contributed by atoms with van der Waals surface area (Å²) in [6.45, 7) is 2.05. The molecule has 66 valence electrons. The molecule has 0 fully saturated rings. The van der Waals surface area contributed by atoms with Gasteiger partial charge in [-0.15, -0.1) is 0 Å². The molecule has 3 heteroatoms. The van der Waals surface area contributed by atoms with Crippen molar-refractivity contribution in [2.75, 3.05) is 6.61 Å². The summed E-state index contributed by atoms with van der Waals surface area (Å²) in [5.41, 5.74) is 0.674. The first-order valence-electron chi connectivity index (χ1n) is 3.95. The molecule has 0 saturated carbocycles. The van der Waals surface area contributed by atoms with Crippen molar-refractivity contribution in [2.24, 2.45) is 0 Å². The first kappa shape index (κ1) is 9.27. The van der Waals surface area contributed by atoms with Crippen LogP contribution >= 0.6 is 0 Å². The van der Waals surface area contributed by atoms with Crippen LogP contribution in [-0.4, -0.2) is 12.6 Å². The van der Waals surface area contributed by atoms with Crippen molar-refractivity contribution < 1.29 is 9.53 Å². The van der Waals surface area contributed by atoms with E-state index >= 15 is 0 Å². The van der Waals surface area contributed by atoms with Crippen LogP contribution in [0.5, 0.6) is 0 Å². The summed E-state index contributed by atoms with van der Waals surface area (Å²) in [6, 6.07) is 8.51. The van der Waals surface area contributed by atoms with Gasteiger partial charge in [-0.05, 0) is 19.1 Å². The van der Waals surface area contributed by atoms with Crippen LogP contribution in [0.3, 0.4) is 0 Å². The van der Waals surface area contributed by atoms with E-state index in [1.165, 1.54) is 0 Å². The van der Waals surface area contributed by atoms with Crippen molar-refractivity contribution in [3.8, 4) is 6.07 Å². The van der Waals surface area contributed by atoms with E-state index in [-0.39, 0.29) is 0 Å². The van der Waals surface area contributed by atoms with Gasteiger partial charge in [0.2, 0.25) is 0 Å². The van der Waals surface area contributed by atoms with E-state index < -0.39 is 5.97 Å². The number of carbonyl (C=O) groups excluding carboxylic acids is 1. The Balaban J connectivity index is 3.01. The molecule has 0 aromatic heterocycles. The highest BCUT2D eigenvalue weighted by Crippen LogP contribution is 2.08. The minimum absolute atomic E-state index is 0.318. The molecule has 0 amide bonds. The van der Waals surface area contributed by atoms with E-state index in [2.05, 4.69) is 0 Å². The maximum absolute atomic E-state index is 11.3.